The van der Waals surface area contributed by atoms with Gasteiger partial charge in [0.15, 0.2) is 5.69 Å². The van der Waals surface area contributed by atoms with Crippen molar-refractivity contribution in [2.24, 2.45) is 0 Å². The van der Waals surface area contributed by atoms with Gasteiger partial charge in [0.1, 0.15) is 10.8 Å². The number of carbonyl (C=O) groups excluding carboxylic acids is 2. The van der Waals surface area contributed by atoms with Crippen molar-refractivity contribution in [3.8, 4) is 11.4 Å². The van der Waals surface area contributed by atoms with Gasteiger partial charge in [-0.25, -0.2) is 4.79 Å². The van der Waals surface area contributed by atoms with E-state index in [1.807, 2.05) is 24.4 Å². The number of nitrogens with zero attached hydrogens (tertiary/aromatic N) is 2. The van der Waals surface area contributed by atoms with E-state index in [1.165, 1.54) is 22.7 Å². The number of nitrogens with one attached hydrogen (secondary N) is 1. The van der Waals surface area contributed by atoms with E-state index in [2.05, 4.69) is 10.4 Å². The smallest absolute Gasteiger partial charge is 0.359 e. The highest BCUT2D eigenvalue weighted by molar-refractivity contribution is 7.16. The molecule has 3 aromatic heterocycles. The second kappa shape index (κ2) is 9.97. The fourth-order valence-electron chi connectivity index (χ4n) is 3.26. The molecular weight excluding hydrogens is 462 g/mol. The van der Waals surface area contributed by atoms with Crippen LogP contribution < -0.4 is 15.6 Å². The summed E-state index contributed by atoms with van der Waals surface area (Å²) in [5, 5.41) is 11.6. The van der Waals surface area contributed by atoms with Gasteiger partial charge < -0.3 is 14.8 Å². The van der Waals surface area contributed by atoms with E-state index >= 15 is 0 Å². The Hall–Kier alpha value is -3.50. The van der Waals surface area contributed by atoms with Crippen LogP contribution in [0.4, 0.5) is 5.00 Å². The van der Waals surface area contributed by atoms with E-state index < -0.39 is 11.5 Å². The van der Waals surface area contributed by atoms with E-state index in [0.717, 1.165) is 9.56 Å². The van der Waals surface area contributed by atoms with Crippen molar-refractivity contribution in [2.75, 3.05) is 18.5 Å². The van der Waals surface area contributed by atoms with Gasteiger partial charge in [-0.3, -0.25) is 9.59 Å². The predicted molar refractivity (Wildman–Crippen MR) is 129 cm³/mol. The zero-order chi connectivity index (χ0) is 23.4. The number of aromatic nitrogens is 2. The van der Waals surface area contributed by atoms with Gasteiger partial charge in [-0.15, -0.1) is 22.7 Å². The summed E-state index contributed by atoms with van der Waals surface area (Å²) in [6.07, 6.45) is 0.194. The van der Waals surface area contributed by atoms with Crippen LogP contribution in [0.1, 0.15) is 29.2 Å². The van der Waals surface area contributed by atoms with Crippen molar-refractivity contribution in [3.05, 3.63) is 68.1 Å². The third kappa shape index (κ3) is 4.81. The van der Waals surface area contributed by atoms with Gasteiger partial charge in [0.05, 0.1) is 30.7 Å². The monoisotopic (exact) mass is 483 g/mol. The molecule has 0 aliphatic carbocycles. The van der Waals surface area contributed by atoms with Crippen LogP contribution in [0, 0.1) is 0 Å². The van der Waals surface area contributed by atoms with Crippen LogP contribution in [0.3, 0.4) is 0 Å². The van der Waals surface area contributed by atoms with Crippen molar-refractivity contribution in [1.29, 1.82) is 0 Å². The van der Waals surface area contributed by atoms with Gasteiger partial charge in [0.25, 0.3) is 5.56 Å². The molecule has 0 bridgehead atoms. The van der Waals surface area contributed by atoms with E-state index in [4.69, 9.17) is 9.47 Å². The summed E-state index contributed by atoms with van der Waals surface area (Å²) in [7, 11) is 0. The lowest BCUT2D eigenvalue weighted by Gasteiger charge is -2.10. The summed E-state index contributed by atoms with van der Waals surface area (Å²) in [5.41, 5.74) is 0.0168. The van der Waals surface area contributed by atoms with Crippen molar-refractivity contribution in [2.45, 2.75) is 20.3 Å². The lowest BCUT2D eigenvalue weighted by Crippen LogP contribution is -2.25. The zero-order valence-corrected chi connectivity index (χ0v) is 19.6. The molecule has 3 heterocycles. The first kappa shape index (κ1) is 22.7. The summed E-state index contributed by atoms with van der Waals surface area (Å²) in [4.78, 5) is 39.6. The molecule has 8 nitrogen and oxygen atoms in total. The van der Waals surface area contributed by atoms with Crippen LogP contribution >= 0.6 is 22.7 Å². The molecule has 0 atom stereocenters. The fourth-order valence-corrected chi connectivity index (χ4v) is 4.92. The average Bonchev–Trinajstić information content (AvgIpc) is 3.46. The molecule has 4 aromatic rings. The number of amides is 1. The third-order valence-electron chi connectivity index (χ3n) is 4.68. The van der Waals surface area contributed by atoms with Crippen LogP contribution in [-0.4, -0.2) is 34.9 Å². The van der Waals surface area contributed by atoms with E-state index in [0.29, 0.717) is 28.4 Å². The molecule has 0 unspecified atom stereocenters. The Kier molecular flexibility index (Phi) is 6.85. The SMILES string of the molecule is CCOC(=O)c1nn(-c2ccc(OCC)cc2)c(=O)c2c(NC(=O)Cc3cccs3)scc12. The Morgan fingerprint density at radius 2 is 1.88 bits per heavy atom. The molecule has 1 N–H and O–H groups in total. The van der Waals surface area contributed by atoms with Gasteiger partial charge >= 0.3 is 5.97 Å². The first-order valence-corrected chi connectivity index (χ1v) is 12.0. The molecule has 170 valence electrons. The zero-order valence-electron chi connectivity index (χ0n) is 18.0. The second-order valence-corrected chi connectivity index (χ2v) is 8.78. The molecule has 0 radical (unpaired) electrons. The van der Waals surface area contributed by atoms with Crippen LogP contribution in [-0.2, 0) is 16.0 Å². The molecule has 0 spiro atoms. The molecule has 10 heteroatoms. The first-order chi connectivity index (χ1) is 16.0. The summed E-state index contributed by atoms with van der Waals surface area (Å²) in [6, 6.07) is 10.6. The van der Waals surface area contributed by atoms with E-state index in [9.17, 15) is 14.4 Å². The maximum atomic E-state index is 13.4. The number of esters is 1. The maximum Gasteiger partial charge on any atom is 0.359 e. The molecular formula is C23H21N3O5S2. The number of carbonyl (C=O) groups is 2. The van der Waals surface area contributed by atoms with Crippen molar-refractivity contribution < 1.29 is 19.1 Å². The van der Waals surface area contributed by atoms with Crippen LogP contribution in [0.25, 0.3) is 16.5 Å². The number of benzene rings is 1. The second-order valence-electron chi connectivity index (χ2n) is 6.87. The van der Waals surface area contributed by atoms with Crippen molar-refractivity contribution >= 4 is 50.3 Å². The minimum atomic E-state index is -0.642. The quantitative estimate of drug-likeness (QED) is 0.376. The Labute approximate surface area is 197 Å². The Balaban J connectivity index is 1.80. The van der Waals surface area contributed by atoms with Crippen LogP contribution in [0.2, 0.25) is 0 Å². The highest BCUT2D eigenvalue weighted by Gasteiger charge is 2.23. The van der Waals surface area contributed by atoms with Gasteiger partial charge in [-0.05, 0) is 49.6 Å². The van der Waals surface area contributed by atoms with Gasteiger partial charge in [-0.1, -0.05) is 6.07 Å². The summed E-state index contributed by atoms with van der Waals surface area (Å²) in [5.74, 6) is -0.239. The molecule has 0 saturated heterocycles. The van der Waals surface area contributed by atoms with E-state index in [-0.39, 0.29) is 30.0 Å². The number of rotatable bonds is 8. The molecule has 0 aliphatic rings. The number of ether oxygens (including phenoxy) is 2. The molecule has 1 amide bonds. The molecule has 4 rings (SSSR count). The van der Waals surface area contributed by atoms with Crippen molar-refractivity contribution in [1.82, 2.24) is 9.78 Å². The minimum Gasteiger partial charge on any atom is -0.494 e. The normalized spacial score (nSPS) is 10.8. The van der Waals surface area contributed by atoms with Gasteiger partial charge in [0, 0.05) is 15.6 Å². The molecule has 33 heavy (non-hydrogen) atoms. The van der Waals surface area contributed by atoms with Gasteiger partial charge in [-0.2, -0.15) is 9.78 Å². The first-order valence-electron chi connectivity index (χ1n) is 10.3. The number of thiophene rings is 2. The highest BCUT2D eigenvalue weighted by atomic mass is 32.1. The largest absolute Gasteiger partial charge is 0.494 e. The Morgan fingerprint density at radius 3 is 2.55 bits per heavy atom. The Morgan fingerprint density at radius 1 is 1.09 bits per heavy atom. The van der Waals surface area contributed by atoms with Crippen molar-refractivity contribution in [3.63, 3.8) is 0 Å². The maximum absolute atomic E-state index is 13.4. The molecule has 0 aliphatic heterocycles. The average molecular weight is 484 g/mol. The summed E-state index contributed by atoms with van der Waals surface area (Å²) >= 11 is 2.65. The molecule has 1 aromatic carbocycles. The highest BCUT2D eigenvalue weighted by Crippen LogP contribution is 2.31. The minimum absolute atomic E-state index is 0.00957. The molecule has 0 fully saturated rings. The summed E-state index contributed by atoms with van der Waals surface area (Å²) < 4.78 is 11.8. The van der Waals surface area contributed by atoms with E-state index in [1.54, 1.807) is 36.6 Å². The lowest BCUT2D eigenvalue weighted by atomic mass is 10.2. The lowest BCUT2D eigenvalue weighted by molar-refractivity contribution is -0.115. The number of fused-ring (bicyclic) bond motifs is 1. The Bertz CT molecular complexity index is 1340. The van der Waals surface area contributed by atoms with Crippen LogP contribution in [0.5, 0.6) is 5.75 Å². The summed E-state index contributed by atoms with van der Waals surface area (Å²) in [6.45, 7) is 4.25. The molecule has 0 saturated carbocycles. The fraction of sp³-hybridized carbons (Fsp3) is 0.217. The number of anilines is 1. The predicted octanol–water partition coefficient (Wildman–Crippen LogP) is 4.27. The topological polar surface area (TPSA) is 99.5 Å². The van der Waals surface area contributed by atoms with Gasteiger partial charge in [0.2, 0.25) is 5.91 Å². The standard InChI is InChI=1S/C23H21N3O5S2/c1-3-30-15-9-7-14(8-10-15)26-22(28)19-17(20(25-26)23(29)31-4-2)13-33-21(19)24-18(27)12-16-6-5-11-32-16/h5-11,13H,3-4,12H2,1-2H3,(H,24,27). The number of hydrogen-bond donors (Lipinski definition) is 1. The van der Waals surface area contributed by atoms with Crippen LogP contribution in [0.15, 0.2) is 52.0 Å². The number of hydrogen-bond acceptors (Lipinski definition) is 8. The third-order valence-corrected chi connectivity index (χ3v) is 6.45.